The second-order valence-corrected chi connectivity index (χ2v) is 6.63. The van der Waals surface area contributed by atoms with Crippen LogP contribution in [0, 0.1) is 0 Å². The number of aromatic nitrogens is 1. The minimum atomic E-state index is -0.782. The molecule has 1 heterocycles. The van der Waals surface area contributed by atoms with Crippen molar-refractivity contribution in [2.45, 2.75) is 58.8 Å². The number of hydrogen-bond donors (Lipinski definition) is 2. The maximum atomic E-state index is 10.9. The van der Waals surface area contributed by atoms with Gasteiger partial charge in [0.25, 0.3) is 0 Å². The van der Waals surface area contributed by atoms with E-state index in [-0.39, 0.29) is 17.3 Å². The van der Waals surface area contributed by atoms with Crippen molar-refractivity contribution in [3.05, 3.63) is 23.0 Å². The lowest BCUT2D eigenvalue weighted by Crippen LogP contribution is -2.22. The molecule has 1 aromatic heterocycles. The molecule has 0 saturated carbocycles. The van der Waals surface area contributed by atoms with E-state index in [0.717, 1.165) is 16.8 Å². The first-order chi connectivity index (χ1) is 7.53. The molecule has 1 aromatic rings. The number of nitrogens with one attached hydrogen (secondary N) is 1. The van der Waals surface area contributed by atoms with Crippen LogP contribution in [0.3, 0.4) is 0 Å². The molecule has 0 aliphatic heterocycles. The van der Waals surface area contributed by atoms with Crippen LogP contribution in [0.1, 0.15) is 58.4 Å². The Morgan fingerprint density at radius 1 is 1.18 bits per heavy atom. The summed E-state index contributed by atoms with van der Waals surface area (Å²) in [7, 11) is 0. The average molecular weight is 237 g/mol. The van der Waals surface area contributed by atoms with Gasteiger partial charge in [0.1, 0.15) is 0 Å². The van der Waals surface area contributed by atoms with E-state index < -0.39 is 5.97 Å². The summed E-state index contributed by atoms with van der Waals surface area (Å²) < 4.78 is 0. The van der Waals surface area contributed by atoms with Crippen molar-refractivity contribution in [1.82, 2.24) is 4.98 Å². The number of hydrogen-bond acceptors (Lipinski definition) is 1. The van der Waals surface area contributed by atoms with Crippen molar-refractivity contribution in [3.63, 3.8) is 0 Å². The van der Waals surface area contributed by atoms with Gasteiger partial charge in [-0.15, -0.1) is 0 Å². The predicted molar refractivity (Wildman–Crippen MR) is 69.5 cm³/mol. The zero-order chi connectivity index (χ0) is 13.4. The third-order valence-electron chi connectivity index (χ3n) is 2.80. The fourth-order valence-electron chi connectivity index (χ4n) is 2.21. The summed E-state index contributed by atoms with van der Waals surface area (Å²) in [5, 5.41) is 8.96. The smallest absolute Gasteiger partial charge is 0.307 e. The van der Waals surface area contributed by atoms with Gasteiger partial charge in [-0.25, -0.2) is 0 Å². The Morgan fingerprint density at radius 3 is 2.06 bits per heavy atom. The molecule has 0 amide bonds. The van der Waals surface area contributed by atoms with E-state index in [1.807, 2.05) is 6.20 Å². The number of carbonyl (C=O) groups is 1. The molecular formula is C14H23NO2. The quantitative estimate of drug-likeness (QED) is 0.829. The standard InChI is InChI=1S/C14H23NO2/c1-13(2,3)11-9(7-10(16)17)8-15-12(11)14(4,5)6/h8,15H,7H2,1-6H3,(H,16,17). The first kappa shape index (κ1) is 13.8. The van der Waals surface area contributed by atoms with E-state index in [0.29, 0.717) is 0 Å². The lowest BCUT2D eigenvalue weighted by Gasteiger charge is -2.27. The van der Waals surface area contributed by atoms with Crippen LogP contribution in [0.4, 0.5) is 0 Å². The van der Waals surface area contributed by atoms with Gasteiger partial charge in [0.2, 0.25) is 0 Å². The first-order valence-electron chi connectivity index (χ1n) is 5.96. The summed E-state index contributed by atoms with van der Waals surface area (Å²) in [6.07, 6.45) is 1.93. The van der Waals surface area contributed by atoms with Gasteiger partial charge in [0, 0.05) is 17.3 Å². The van der Waals surface area contributed by atoms with Crippen molar-refractivity contribution in [3.8, 4) is 0 Å². The fraction of sp³-hybridized carbons (Fsp3) is 0.643. The highest BCUT2D eigenvalue weighted by atomic mass is 16.4. The van der Waals surface area contributed by atoms with Crippen molar-refractivity contribution in [2.75, 3.05) is 0 Å². The highest BCUT2D eigenvalue weighted by Crippen LogP contribution is 2.35. The Bertz CT molecular complexity index is 416. The van der Waals surface area contributed by atoms with E-state index in [1.165, 1.54) is 0 Å². The molecule has 0 aliphatic rings. The van der Waals surface area contributed by atoms with Gasteiger partial charge in [-0.3, -0.25) is 4.79 Å². The van der Waals surface area contributed by atoms with Gasteiger partial charge in [-0.2, -0.15) is 0 Å². The van der Waals surface area contributed by atoms with Gasteiger partial charge in [-0.05, 0) is 16.5 Å². The molecule has 2 N–H and O–H groups in total. The topological polar surface area (TPSA) is 53.1 Å². The van der Waals surface area contributed by atoms with E-state index in [1.54, 1.807) is 0 Å². The van der Waals surface area contributed by atoms with Crippen LogP contribution < -0.4 is 0 Å². The number of rotatable bonds is 2. The SMILES string of the molecule is CC(C)(C)c1[nH]cc(CC(=O)O)c1C(C)(C)C. The molecule has 96 valence electrons. The molecule has 1 rings (SSSR count). The van der Waals surface area contributed by atoms with Gasteiger partial charge < -0.3 is 10.1 Å². The van der Waals surface area contributed by atoms with Crippen molar-refractivity contribution < 1.29 is 9.90 Å². The Kier molecular flexibility index (Phi) is 3.42. The van der Waals surface area contributed by atoms with Crippen LogP contribution in [0.5, 0.6) is 0 Å². The van der Waals surface area contributed by atoms with E-state index in [9.17, 15) is 4.79 Å². The van der Waals surface area contributed by atoms with Gasteiger partial charge >= 0.3 is 5.97 Å². The van der Waals surface area contributed by atoms with Crippen LogP contribution >= 0.6 is 0 Å². The normalized spacial score (nSPS) is 12.8. The summed E-state index contributed by atoms with van der Waals surface area (Å²) in [5.41, 5.74) is 3.14. The third-order valence-corrected chi connectivity index (χ3v) is 2.80. The first-order valence-corrected chi connectivity index (χ1v) is 5.96. The van der Waals surface area contributed by atoms with Crippen LogP contribution in [0.15, 0.2) is 6.20 Å². The number of carboxylic acids is 1. The minimum absolute atomic E-state index is 0.000628. The molecule has 0 atom stereocenters. The second kappa shape index (κ2) is 4.21. The number of carboxylic acid groups (broad SMARTS) is 1. The van der Waals surface area contributed by atoms with Crippen molar-refractivity contribution in [2.24, 2.45) is 0 Å². The van der Waals surface area contributed by atoms with Crippen molar-refractivity contribution >= 4 is 5.97 Å². The Hall–Kier alpha value is -1.25. The Morgan fingerprint density at radius 2 is 1.71 bits per heavy atom. The summed E-state index contributed by atoms with van der Waals surface area (Å²) in [6.45, 7) is 12.8. The lowest BCUT2D eigenvalue weighted by atomic mass is 9.77. The summed E-state index contributed by atoms with van der Waals surface area (Å²) in [6, 6.07) is 0. The molecule has 0 saturated heterocycles. The molecule has 0 aromatic carbocycles. The zero-order valence-corrected chi connectivity index (χ0v) is 11.6. The fourth-order valence-corrected chi connectivity index (χ4v) is 2.21. The molecule has 0 bridgehead atoms. The minimum Gasteiger partial charge on any atom is -0.481 e. The van der Waals surface area contributed by atoms with Gasteiger partial charge in [0.15, 0.2) is 0 Å². The average Bonchev–Trinajstić information content (AvgIpc) is 2.44. The third kappa shape index (κ3) is 3.11. The van der Waals surface area contributed by atoms with Crippen LogP contribution in [-0.2, 0) is 22.0 Å². The van der Waals surface area contributed by atoms with E-state index in [4.69, 9.17) is 5.11 Å². The van der Waals surface area contributed by atoms with Crippen LogP contribution in [0.2, 0.25) is 0 Å². The number of H-pyrrole nitrogens is 1. The molecule has 0 radical (unpaired) electrons. The molecule has 0 fully saturated rings. The molecule has 17 heavy (non-hydrogen) atoms. The van der Waals surface area contributed by atoms with E-state index in [2.05, 4.69) is 46.5 Å². The molecule has 3 nitrogen and oxygen atoms in total. The summed E-state index contributed by atoms with van der Waals surface area (Å²) >= 11 is 0. The molecule has 0 unspecified atom stereocenters. The molecule has 3 heteroatoms. The van der Waals surface area contributed by atoms with Gasteiger partial charge in [-0.1, -0.05) is 41.5 Å². The molecular weight excluding hydrogens is 214 g/mol. The second-order valence-electron chi connectivity index (χ2n) is 6.63. The number of aromatic amines is 1. The van der Waals surface area contributed by atoms with E-state index >= 15 is 0 Å². The Balaban J connectivity index is 3.36. The summed E-state index contributed by atoms with van der Waals surface area (Å²) in [5.74, 6) is -0.782. The van der Waals surface area contributed by atoms with Crippen LogP contribution in [0.25, 0.3) is 0 Å². The van der Waals surface area contributed by atoms with Gasteiger partial charge in [0.05, 0.1) is 6.42 Å². The monoisotopic (exact) mass is 237 g/mol. The molecule has 0 aliphatic carbocycles. The Labute approximate surface area is 103 Å². The highest BCUT2D eigenvalue weighted by Gasteiger charge is 2.29. The maximum absolute atomic E-state index is 10.9. The zero-order valence-electron chi connectivity index (χ0n) is 11.6. The maximum Gasteiger partial charge on any atom is 0.307 e. The lowest BCUT2D eigenvalue weighted by molar-refractivity contribution is -0.136. The highest BCUT2D eigenvalue weighted by molar-refractivity contribution is 5.71. The summed E-state index contributed by atoms with van der Waals surface area (Å²) in [4.78, 5) is 14.2. The van der Waals surface area contributed by atoms with Crippen LogP contribution in [-0.4, -0.2) is 16.1 Å². The molecule has 0 spiro atoms. The van der Waals surface area contributed by atoms with Crippen molar-refractivity contribution in [1.29, 1.82) is 0 Å². The largest absolute Gasteiger partial charge is 0.481 e. The predicted octanol–water partition coefficient (Wildman–Crippen LogP) is 3.24. The number of aliphatic carboxylic acids is 1.